The molecule has 120 valence electrons. The Hall–Kier alpha value is -2.44. The average Bonchev–Trinajstić information content (AvgIpc) is 2.93. The largest absolute Gasteiger partial charge is 0.252 e. The molecule has 3 rings (SSSR count). The number of fused-ring (bicyclic) bond motifs is 1. The van der Waals surface area contributed by atoms with Crippen LogP contribution in [0.4, 0.5) is 13.2 Å². The number of rotatable bonds is 4. The van der Waals surface area contributed by atoms with Gasteiger partial charge < -0.3 is 0 Å². The molecule has 4 nitrogen and oxygen atoms in total. The first-order valence-electron chi connectivity index (χ1n) is 7.37. The highest BCUT2D eigenvalue weighted by molar-refractivity contribution is 5.71. The van der Waals surface area contributed by atoms with Gasteiger partial charge in [0.25, 0.3) is 5.78 Å². The van der Waals surface area contributed by atoms with Crippen molar-refractivity contribution in [3.63, 3.8) is 0 Å². The Labute approximate surface area is 131 Å². The standard InChI is InChI=1S/C16H15F3N4/c1-3-4-5-13-14(9(2)22-16-20-8-21-23(13)16)15-11(18)6-10(17)7-12(15)19/h6-8H,3-5H2,1-2H3. The van der Waals surface area contributed by atoms with Crippen molar-refractivity contribution in [3.05, 3.63) is 47.3 Å². The van der Waals surface area contributed by atoms with Gasteiger partial charge in [0.05, 0.1) is 17.0 Å². The van der Waals surface area contributed by atoms with Crippen LogP contribution in [0.15, 0.2) is 18.5 Å². The minimum absolute atomic E-state index is 0.278. The summed E-state index contributed by atoms with van der Waals surface area (Å²) in [4.78, 5) is 8.28. The molecule has 0 aliphatic carbocycles. The van der Waals surface area contributed by atoms with Gasteiger partial charge in [0.15, 0.2) is 0 Å². The quantitative estimate of drug-likeness (QED) is 0.733. The van der Waals surface area contributed by atoms with Crippen LogP contribution in [0.5, 0.6) is 0 Å². The third kappa shape index (κ3) is 2.67. The zero-order valence-electron chi connectivity index (χ0n) is 12.8. The molecule has 0 radical (unpaired) electrons. The zero-order valence-corrected chi connectivity index (χ0v) is 12.8. The third-order valence-electron chi connectivity index (χ3n) is 3.73. The number of halogens is 3. The molecule has 0 spiro atoms. The molecule has 0 unspecified atom stereocenters. The molecule has 0 N–H and O–H groups in total. The van der Waals surface area contributed by atoms with Gasteiger partial charge in [0.2, 0.25) is 0 Å². The Bertz CT molecular complexity index is 850. The maximum atomic E-state index is 14.3. The van der Waals surface area contributed by atoms with E-state index >= 15 is 0 Å². The maximum absolute atomic E-state index is 14.3. The second kappa shape index (κ2) is 5.98. The number of nitrogens with zero attached hydrogens (tertiary/aromatic N) is 4. The van der Waals surface area contributed by atoms with Crippen molar-refractivity contribution in [2.24, 2.45) is 0 Å². The van der Waals surface area contributed by atoms with Gasteiger partial charge in [0.1, 0.15) is 23.8 Å². The second-order valence-electron chi connectivity index (χ2n) is 5.34. The third-order valence-corrected chi connectivity index (χ3v) is 3.73. The Kier molecular flexibility index (Phi) is 4.02. The summed E-state index contributed by atoms with van der Waals surface area (Å²) in [6.45, 7) is 3.67. The summed E-state index contributed by atoms with van der Waals surface area (Å²) in [6.07, 6.45) is 3.63. The van der Waals surface area contributed by atoms with Gasteiger partial charge in [-0.15, -0.1) is 0 Å². The minimum atomic E-state index is -0.954. The lowest BCUT2D eigenvalue weighted by Gasteiger charge is -2.15. The average molecular weight is 320 g/mol. The fourth-order valence-electron chi connectivity index (χ4n) is 2.70. The van der Waals surface area contributed by atoms with Crippen LogP contribution >= 0.6 is 0 Å². The molecule has 0 aliphatic heterocycles. The van der Waals surface area contributed by atoms with Crippen molar-refractivity contribution in [2.45, 2.75) is 33.1 Å². The van der Waals surface area contributed by atoms with E-state index in [2.05, 4.69) is 15.1 Å². The summed E-state index contributed by atoms with van der Waals surface area (Å²) in [5.41, 5.74) is 1.09. The minimum Gasteiger partial charge on any atom is -0.216 e. The van der Waals surface area contributed by atoms with Gasteiger partial charge >= 0.3 is 0 Å². The molecular weight excluding hydrogens is 305 g/mol. The number of benzene rings is 1. The highest BCUT2D eigenvalue weighted by Crippen LogP contribution is 2.32. The van der Waals surface area contributed by atoms with Crippen LogP contribution in [0.2, 0.25) is 0 Å². The van der Waals surface area contributed by atoms with Crippen molar-refractivity contribution in [3.8, 4) is 11.1 Å². The number of aromatic nitrogens is 4. The molecule has 0 saturated heterocycles. The molecule has 7 heteroatoms. The fourth-order valence-corrected chi connectivity index (χ4v) is 2.70. The Morgan fingerprint density at radius 1 is 1.09 bits per heavy atom. The highest BCUT2D eigenvalue weighted by atomic mass is 19.1. The van der Waals surface area contributed by atoms with E-state index in [0.29, 0.717) is 41.3 Å². The van der Waals surface area contributed by atoms with Gasteiger partial charge in [0, 0.05) is 17.7 Å². The van der Waals surface area contributed by atoms with E-state index in [1.54, 1.807) is 6.92 Å². The summed E-state index contributed by atoms with van der Waals surface area (Å²) >= 11 is 0. The fraction of sp³-hybridized carbons (Fsp3) is 0.312. The van der Waals surface area contributed by atoms with Gasteiger partial charge in [-0.3, -0.25) is 0 Å². The number of hydrogen-bond donors (Lipinski definition) is 0. The lowest BCUT2D eigenvalue weighted by atomic mass is 9.98. The number of hydrogen-bond acceptors (Lipinski definition) is 3. The van der Waals surface area contributed by atoms with Crippen LogP contribution in [0.25, 0.3) is 16.9 Å². The summed E-state index contributed by atoms with van der Waals surface area (Å²) in [5, 5.41) is 4.10. The molecular formula is C16H15F3N4. The highest BCUT2D eigenvalue weighted by Gasteiger charge is 2.22. The zero-order chi connectivity index (χ0) is 16.6. The van der Waals surface area contributed by atoms with E-state index in [1.807, 2.05) is 6.92 Å². The van der Waals surface area contributed by atoms with E-state index < -0.39 is 17.5 Å². The predicted octanol–water partition coefficient (Wildman–Crippen LogP) is 3.86. The molecule has 0 aliphatic rings. The molecule has 2 heterocycles. The number of aryl methyl sites for hydroxylation is 2. The molecule has 3 aromatic rings. The van der Waals surface area contributed by atoms with E-state index in [4.69, 9.17) is 0 Å². The van der Waals surface area contributed by atoms with Crippen LogP contribution in [-0.4, -0.2) is 19.6 Å². The number of unbranched alkanes of at least 4 members (excludes halogenated alkanes) is 1. The Balaban J connectivity index is 2.34. The molecule has 2 aromatic heterocycles. The summed E-state index contributed by atoms with van der Waals surface area (Å²) in [7, 11) is 0. The van der Waals surface area contributed by atoms with Gasteiger partial charge in [-0.2, -0.15) is 10.1 Å². The van der Waals surface area contributed by atoms with E-state index in [1.165, 1.54) is 10.8 Å². The van der Waals surface area contributed by atoms with Gasteiger partial charge in [-0.25, -0.2) is 22.7 Å². The van der Waals surface area contributed by atoms with Crippen molar-refractivity contribution < 1.29 is 13.2 Å². The van der Waals surface area contributed by atoms with Crippen molar-refractivity contribution in [1.29, 1.82) is 0 Å². The first-order valence-corrected chi connectivity index (χ1v) is 7.37. The molecule has 23 heavy (non-hydrogen) atoms. The van der Waals surface area contributed by atoms with Crippen LogP contribution in [0.1, 0.15) is 31.2 Å². The monoisotopic (exact) mass is 320 g/mol. The Morgan fingerprint density at radius 3 is 2.43 bits per heavy atom. The van der Waals surface area contributed by atoms with Crippen LogP contribution in [0.3, 0.4) is 0 Å². The Morgan fingerprint density at radius 2 is 1.78 bits per heavy atom. The topological polar surface area (TPSA) is 43.1 Å². The van der Waals surface area contributed by atoms with Gasteiger partial charge in [-0.05, 0) is 19.8 Å². The van der Waals surface area contributed by atoms with Crippen LogP contribution in [0, 0.1) is 24.4 Å². The summed E-state index contributed by atoms with van der Waals surface area (Å²) in [5.74, 6) is -2.49. The lowest BCUT2D eigenvalue weighted by Crippen LogP contribution is -2.09. The van der Waals surface area contributed by atoms with E-state index in [0.717, 1.165) is 12.8 Å². The van der Waals surface area contributed by atoms with Crippen molar-refractivity contribution in [1.82, 2.24) is 19.6 Å². The summed E-state index contributed by atoms with van der Waals surface area (Å²) < 4.78 is 43.2. The molecule has 0 fully saturated rings. The lowest BCUT2D eigenvalue weighted by molar-refractivity contribution is 0.547. The second-order valence-corrected chi connectivity index (χ2v) is 5.34. The van der Waals surface area contributed by atoms with Crippen molar-refractivity contribution >= 4 is 5.78 Å². The van der Waals surface area contributed by atoms with E-state index in [9.17, 15) is 13.2 Å². The normalized spacial score (nSPS) is 11.3. The first-order chi connectivity index (χ1) is 11.0. The van der Waals surface area contributed by atoms with Crippen molar-refractivity contribution in [2.75, 3.05) is 0 Å². The molecule has 0 saturated carbocycles. The maximum Gasteiger partial charge on any atom is 0.252 e. The molecule has 0 amide bonds. The smallest absolute Gasteiger partial charge is 0.216 e. The van der Waals surface area contributed by atoms with Crippen LogP contribution < -0.4 is 0 Å². The first kappa shape index (κ1) is 15.5. The molecule has 1 aromatic carbocycles. The van der Waals surface area contributed by atoms with Crippen LogP contribution in [-0.2, 0) is 6.42 Å². The molecule has 0 atom stereocenters. The predicted molar refractivity (Wildman–Crippen MR) is 79.4 cm³/mol. The summed E-state index contributed by atoms with van der Waals surface area (Å²) in [6, 6.07) is 1.35. The molecule has 0 bridgehead atoms. The van der Waals surface area contributed by atoms with E-state index in [-0.39, 0.29) is 5.56 Å². The van der Waals surface area contributed by atoms with Gasteiger partial charge in [-0.1, -0.05) is 13.3 Å². The SMILES string of the molecule is CCCCc1c(-c2c(F)cc(F)cc2F)c(C)nc2ncnn12.